The van der Waals surface area contributed by atoms with Gasteiger partial charge in [0.05, 0.1) is 0 Å². The minimum absolute atomic E-state index is 0.463. The summed E-state index contributed by atoms with van der Waals surface area (Å²) < 4.78 is 0. The fourth-order valence-electron chi connectivity index (χ4n) is 3.23. The molecule has 1 unspecified atom stereocenters. The lowest BCUT2D eigenvalue weighted by atomic mass is 9.67. The van der Waals surface area contributed by atoms with Crippen LogP contribution in [0, 0.1) is 23.2 Å². The molecule has 0 saturated carbocycles. The SMILES string of the molecule is CC(C)[C@@H](C1CCNC1)C(C)(C)C. The van der Waals surface area contributed by atoms with Crippen molar-refractivity contribution in [2.45, 2.75) is 41.0 Å². The maximum absolute atomic E-state index is 3.48. The quantitative estimate of drug-likeness (QED) is 0.694. The van der Waals surface area contributed by atoms with Gasteiger partial charge >= 0.3 is 0 Å². The molecule has 1 N–H and O–H groups in total. The summed E-state index contributed by atoms with van der Waals surface area (Å²) in [5, 5.41) is 3.48. The Morgan fingerprint density at radius 3 is 2.15 bits per heavy atom. The summed E-state index contributed by atoms with van der Waals surface area (Å²) >= 11 is 0. The lowest BCUT2D eigenvalue weighted by molar-refractivity contribution is 0.114. The Kier molecular flexibility index (Phi) is 3.39. The van der Waals surface area contributed by atoms with E-state index in [9.17, 15) is 0 Å². The number of rotatable bonds is 2. The van der Waals surface area contributed by atoms with Crippen LogP contribution in [-0.4, -0.2) is 13.1 Å². The topological polar surface area (TPSA) is 12.0 Å². The lowest BCUT2D eigenvalue weighted by Gasteiger charge is -2.38. The Hall–Kier alpha value is -0.0400. The lowest BCUT2D eigenvalue weighted by Crippen LogP contribution is -2.33. The van der Waals surface area contributed by atoms with Gasteiger partial charge in [0, 0.05) is 0 Å². The van der Waals surface area contributed by atoms with Crippen molar-refractivity contribution < 1.29 is 0 Å². The maximum atomic E-state index is 3.48. The molecule has 1 aliphatic rings. The summed E-state index contributed by atoms with van der Waals surface area (Å²) in [5.74, 6) is 2.58. The minimum Gasteiger partial charge on any atom is -0.316 e. The molecule has 0 amide bonds. The van der Waals surface area contributed by atoms with E-state index in [0.29, 0.717) is 5.41 Å². The molecule has 0 aromatic heterocycles. The third kappa shape index (κ3) is 2.70. The summed E-state index contributed by atoms with van der Waals surface area (Å²) in [4.78, 5) is 0. The molecule has 1 heterocycles. The van der Waals surface area contributed by atoms with Crippen molar-refractivity contribution in [2.75, 3.05) is 13.1 Å². The van der Waals surface area contributed by atoms with Gasteiger partial charge in [0.15, 0.2) is 0 Å². The normalized spacial score (nSPS) is 26.8. The van der Waals surface area contributed by atoms with Gasteiger partial charge in [-0.05, 0) is 42.7 Å². The van der Waals surface area contributed by atoms with Crippen LogP contribution in [0.5, 0.6) is 0 Å². The van der Waals surface area contributed by atoms with Gasteiger partial charge in [0.25, 0.3) is 0 Å². The van der Waals surface area contributed by atoms with E-state index in [1.807, 2.05) is 0 Å². The second kappa shape index (κ2) is 4.00. The van der Waals surface area contributed by atoms with Crippen LogP contribution in [-0.2, 0) is 0 Å². The third-order valence-electron chi connectivity index (χ3n) is 3.32. The van der Waals surface area contributed by atoms with Gasteiger partial charge in [-0.15, -0.1) is 0 Å². The Labute approximate surface area is 83.3 Å². The first-order valence-corrected chi connectivity index (χ1v) is 5.63. The second-order valence-corrected chi connectivity index (χ2v) is 5.89. The van der Waals surface area contributed by atoms with Gasteiger partial charge in [0.2, 0.25) is 0 Å². The fraction of sp³-hybridized carbons (Fsp3) is 1.00. The average Bonchev–Trinajstić information content (AvgIpc) is 2.34. The zero-order valence-electron chi connectivity index (χ0n) is 9.85. The van der Waals surface area contributed by atoms with Crippen molar-refractivity contribution in [3.05, 3.63) is 0 Å². The molecule has 0 aliphatic carbocycles. The van der Waals surface area contributed by atoms with Gasteiger partial charge in [-0.1, -0.05) is 34.6 Å². The van der Waals surface area contributed by atoms with E-state index in [1.165, 1.54) is 19.5 Å². The minimum atomic E-state index is 0.463. The van der Waals surface area contributed by atoms with Crippen LogP contribution in [0.1, 0.15) is 41.0 Å². The third-order valence-corrected chi connectivity index (χ3v) is 3.32. The Balaban J connectivity index is 2.67. The molecule has 0 radical (unpaired) electrons. The number of hydrogen-bond donors (Lipinski definition) is 1. The van der Waals surface area contributed by atoms with E-state index < -0.39 is 0 Å². The molecule has 1 saturated heterocycles. The van der Waals surface area contributed by atoms with E-state index in [4.69, 9.17) is 0 Å². The summed E-state index contributed by atoms with van der Waals surface area (Å²) in [6.45, 7) is 14.4. The second-order valence-electron chi connectivity index (χ2n) is 5.89. The van der Waals surface area contributed by atoms with Gasteiger partial charge in [-0.2, -0.15) is 0 Å². The number of hydrogen-bond acceptors (Lipinski definition) is 1. The molecular formula is C12H25N. The molecule has 13 heavy (non-hydrogen) atoms. The summed E-state index contributed by atoms with van der Waals surface area (Å²) in [5.41, 5.74) is 0.463. The van der Waals surface area contributed by atoms with E-state index in [0.717, 1.165) is 17.8 Å². The molecule has 1 fully saturated rings. The van der Waals surface area contributed by atoms with Crippen molar-refractivity contribution in [1.82, 2.24) is 5.32 Å². The Bertz CT molecular complexity index is 149. The highest BCUT2D eigenvalue weighted by molar-refractivity contribution is 4.86. The first-order valence-electron chi connectivity index (χ1n) is 5.63. The van der Waals surface area contributed by atoms with Crippen LogP contribution in [0.3, 0.4) is 0 Å². The smallest absolute Gasteiger partial charge is 0.00171 e. The number of nitrogens with one attached hydrogen (secondary N) is 1. The van der Waals surface area contributed by atoms with Crippen LogP contribution in [0.2, 0.25) is 0 Å². The van der Waals surface area contributed by atoms with Gasteiger partial charge in [-0.3, -0.25) is 0 Å². The molecule has 1 aliphatic heterocycles. The molecule has 1 nitrogen and oxygen atoms in total. The van der Waals surface area contributed by atoms with Crippen molar-refractivity contribution >= 4 is 0 Å². The molecule has 0 bridgehead atoms. The first-order chi connectivity index (χ1) is 5.93. The highest BCUT2D eigenvalue weighted by Crippen LogP contribution is 2.39. The standard InChI is InChI=1S/C12H25N/c1-9(2)11(12(3,4)5)10-6-7-13-8-10/h9-11,13H,6-8H2,1-5H3/t10?,11-/m0/s1. The van der Waals surface area contributed by atoms with Crippen molar-refractivity contribution in [1.29, 1.82) is 0 Å². The van der Waals surface area contributed by atoms with Crippen molar-refractivity contribution in [2.24, 2.45) is 23.2 Å². The van der Waals surface area contributed by atoms with E-state index >= 15 is 0 Å². The van der Waals surface area contributed by atoms with Crippen LogP contribution in [0.4, 0.5) is 0 Å². The monoisotopic (exact) mass is 183 g/mol. The van der Waals surface area contributed by atoms with Crippen LogP contribution >= 0.6 is 0 Å². The summed E-state index contributed by atoms with van der Waals surface area (Å²) in [6.07, 6.45) is 1.38. The summed E-state index contributed by atoms with van der Waals surface area (Å²) in [7, 11) is 0. The Morgan fingerprint density at radius 1 is 1.23 bits per heavy atom. The average molecular weight is 183 g/mol. The highest BCUT2D eigenvalue weighted by Gasteiger charge is 2.35. The molecule has 78 valence electrons. The summed E-state index contributed by atoms with van der Waals surface area (Å²) in [6, 6.07) is 0. The van der Waals surface area contributed by atoms with Crippen LogP contribution in [0.15, 0.2) is 0 Å². The highest BCUT2D eigenvalue weighted by atomic mass is 14.9. The maximum Gasteiger partial charge on any atom is -0.00171 e. The predicted molar refractivity (Wildman–Crippen MR) is 58.8 cm³/mol. The molecule has 1 heteroatoms. The Morgan fingerprint density at radius 2 is 1.85 bits per heavy atom. The van der Waals surface area contributed by atoms with Gasteiger partial charge in [-0.25, -0.2) is 0 Å². The largest absolute Gasteiger partial charge is 0.316 e. The van der Waals surface area contributed by atoms with Crippen molar-refractivity contribution in [3.63, 3.8) is 0 Å². The molecular weight excluding hydrogens is 158 g/mol. The fourth-order valence-corrected chi connectivity index (χ4v) is 3.23. The molecule has 0 aromatic carbocycles. The van der Waals surface area contributed by atoms with Crippen LogP contribution in [0.25, 0.3) is 0 Å². The molecule has 1 rings (SSSR count). The zero-order chi connectivity index (χ0) is 10.1. The van der Waals surface area contributed by atoms with Gasteiger partial charge in [0.1, 0.15) is 0 Å². The predicted octanol–water partition coefficient (Wildman–Crippen LogP) is 2.91. The van der Waals surface area contributed by atoms with E-state index in [2.05, 4.69) is 39.9 Å². The van der Waals surface area contributed by atoms with E-state index in [1.54, 1.807) is 0 Å². The van der Waals surface area contributed by atoms with Crippen LogP contribution < -0.4 is 5.32 Å². The zero-order valence-corrected chi connectivity index (χ0v) is 9.85. The van der Waals surface area contributed by atoms with Gasteiger partial charge < -0.3 is 5.32 Å². The van der Waals surface area contributed by atoms with Crippen molar-refractivity contribution in [3.8, 4) is 0 Å². The molecule has 2 atom stereocenters. The first kappa shape index (κ1) is 11.0. The van der Waals surface area contributed by atoms with E-state index in [-0.39, 0.29) is 0 Å². The molecule has 0 spiro atoms. The molecule has 0 aromatic rings.